The van der Waals surface area contributed by atoms with Crippen LogP contribution in [0, 0.1) is 0 Å². The summed E-state index contributed by atoms with van der Waals surface area (Å²) in [5.41, 5.74) is 0. The zero-order valence-corrected chi connectivity index (χ0v) is 9.05. The Labute approximate surface area is 77.9 Å². The van der Waals surface area contributed by atoms with Crippen LogP contribution in [0.15, 0.2) is 0 Å². The molecule has 0 aromatic carbocycles. The lowest BCUT2D eigenvalue weighted by Gasteiger charge is -2.09. The van der Waals surface area contributed by atoms with Gasteiger partial charge in [0.15, 0.2) is 0 Å². The molecule has 1 unspecified atom stereocenters. The number of nitrogens with one attached hydrogen (secondary N) is 1. The summed E-state index contributed by atoms with van der Waals surface area (Å²) in [4.78, 5) is 0. The van der Waals surface area contributed by atoms with Gasteiger partial charge in [-0.15, -0.1) is 11.6 Å². The molecule has 0 aromatic heterocycles. The predicted molar refractivity (Wildman–Crippen MR) is 52.0 cm³/mol. The van der Waals surface area contributed by atoms with E-state index in [1.165, 1.54) is 0 Å². The van der Waals surface area contributed by atoms with E-state index >= 15 is 0 Å². The SMILES string of the molecule is CCCCNP(=O)(Cl)CCCl. The molecule has 0 amide bonds. The quantitative estimate of drug-likeness (QED) is 0.421. The van der Waals surface area contributed by atoms with Crippen molar-refractivity contribution >= 4 is 29.5 Å². The van der Waals surface area contributed by atoms with Crippen molar-refractivity contribution in [2.24, 2.45) is 0 Å². The molecule has 0 radical (unpaired) electrons. The summed E-state index contributed by atoms with van der Waals surface area (Å²) in [5, 5.41) is 2.80. The second-order valence-electron chi connectivity index (χ2n) is 2.33. The van der Waals surface area contributed by atoms with Crippen LogP contribution in [0.5, 0.6) is 0 Å². The summed E-state index contributed by atoms with van der Waals surface area (Å²) in [6, 6.07) is 0. The standard InChI is InChI=1S/C6H14Cl2NOP/c1-2-3-5-9-11(8,10)6-4-7/h2-6H2,1H3,(H,9,10). The van der Waals surface area contributed by atoms with E-state index in [1.807, 2.05) is 0 Å². The van der Waals surface area contributed by atoms with Crippen molar-refractivity contribution < 1.29 is 4.57 Å². The van der Waals surface area contributed by atoms with Gasteiger partial charge in [0.25, 0.3) is 0 Å². The van der Waals surface area contributed by atoms with Crippen molar-refractivity contribution in [1.82, 2.24) is 5.09 Å². The first-order valence-electron chi connectivity index (χ1n) is 3.72. The van der Waals surface area contributed by atoms with E-state index in [1.54, 1.807) is 0 Å². The largest absolute Gasteiger partial charge is 0.289 e. The Hall–Kier alpha value is 0.770. The van der Waals surface area contributed by atoms with Crippen LogP contribution >= 0.6 is 29.5 Å². The van der Waals surface area contributed by atoms with Crippen LogP contribution in [0.3, 0.4) is 0 Å². The monoisotopic (exact) mass is 217 g/mol. The molecule has 0 spiro atoms. The van der Waals surface area contributed by atoms with Gasteiger partial charge < -0.3 is 0 Å². The fraction of sp³-hybridized carbons (Fsp3) is 1.00. The average molecular weight is 218 g/mol. The van der Waals surface area contributed by atoms with Crippen LogP contribution in [0.1, 0.15) is 19.8 Å². The Kier molecular flexibility index (Phi) is 6.75. The molecule has 2 nitrogen and oxygen atoms in total. The van der Waals surface area contributed by atoms with Gasteiger partial charge in [-0.1, -0.05) is 13.3 Å². The van der Waals surface area contributed by atoms with Gasteiger partial charge in [-0.25, -0.2) is 0 Å². The van der Waals surface area contributed by atoms with Gasteiger partial charge in [0.1, 0.15) is 0 Å². The molecule has 68 valence electrons. The molecule has 0 fully saturated rings. The summed E-state index contributed by atoms with van der Waals surface area (Å²) >= 11 is 11.0. The normalized spacial score (nSPS) is 16.3. The molecule has 0 saturated heterocycles. The Bertz CT molecular complexity index is 143. The molecule has 11 heavy (non-hydrogen) atoms. The van der Waals surface area contributed by atoms with Crippen LogP contribution in [-0.4, -0.2) is 18.6 Å². The van der Waals surface area contributed by atoms with E-state index in [0.29, 0.717) is 18.6 Å². The highest BCUT2D eigenvalue weighted by molar-refractivity contribution is 7.87. The lowest BCUT2D eigenvalue weighted by Crippen LogP contribution is -2.11. The fourth-order valence-corrected chi connectivity index (χ4v) is 2.96. The number of rotatable bonds is 6. The van der Waals surface area contributed by atoms with Crippen molar-refractivity contribution in [3.8, 4) is 0 Å². The van der Waals surface area contributed by atoms with Crippen LogP contribution in [0.25, 0.3) is 0 Å². The summed E-state index contributed by atoms with van der Waals surface area (Å²) < 4.78 is 11.3. The van der Waals surface area contributed by atoms with Crippen molar-refractivity contribution in [1.29, 1.82) is 0 Å². The topological polar surface area (TPSA) is 29.1 Å². The lowest BCUT2D eigenvalue weighted by atomic mass is 10.3. The van der Waals surface area contributed by atoms with Crippen molar-refractivity contribution in [3.05, 3.63) is 0 Å². The van der Waals surface area contributed by atoms with Gasteiger partial charge in [-0.3, -0.25) is 9.65 Å². The second kappa shape index (κ2) is 6.30. The highest BCUT2D eigenvalue weighted by Gasteiger charge is 2.15. The van der Waals surface area contributed by atoms with Crippen LogP contribution in [0.2, 0.25) is 0 Å². The number of hydrogen-bond donors (Lipinski definition) is 1. The van der Waals surface area contributed by atoms with Crippen LogP contribution in [-0.2, 0) is 4.57 Å². The summed E-state index contributed by atoms with van der Waals surface area (Å²) in [6.45, 7) is 0.156. The molecule has 0 aromatic rings. The molecule has 0 aliphatic rings. The second-order valence-corrected chi connectivity index (χ2v) is 6.41. The zero-order valence-electron chi connectivity index (χ0n) is 6.65. The maximum atomic E-state index is 11.3. The summed E-state index contributed by atoms with van der Waals surface area (Å²) in [6.07, 6.45) is 2.43. The fourth-order valence-electron chi connectivity index (χ4n) is 0.611. The molecule has 0 heterocycles. The van der Waals surface area contributed by atoms with Gasteiger partial charge in [0.05, 0.1) is 0 Å². The van der Waals surface area contributed by atoms with Gasteiger partial charge in [0, 0.05) is 18.6 Å². The molecular formula is C6H14Cl2NOP. The van der Waals surface area contributed by atoms with Crippen molar-refractivity contribution in [2.45, 2.75) is 19.8 Å². The van der Waals surface area contributed by atoms with Gasteiger partial charge in [-0.2, -0.15) is 0 Å². The average Bonchev–Trinajstić information content (AvgIpc) is 1.87. The molecule has 5 heteroatoms. The van der Waals surface area contributed by atoms with E-state index in [-0.39, 0.29) is 0 Å². The first-order chi connectivity index (χ1) is 5.12. The highest BCUT2D eigenvalue weighted by Crippen LogP contribution is 2.46. The number of unbranched alkanes of at least 4 members (excludes halogenated alkanes) is 1. The van der Waals surface area contributed by atoms with E-state index in [2.05, 4.69) is 12.0 Å². The van der Waals surface area contributed by atoms with E-state index in [0.717, 1.165) is 12.8 Å². The van der Waals surface area contributed by atoms with E-state index in [4.69, 9.17) is 22.8 Å². The third kappa shape index (κ3) is 7.14. The minimum absolute atomic E-state index is 0.347. The Morgan fingerprint density at radius 3 is 2.64 bits per heavy atom. The van der Waals surface area contributed by atoms with E-state index in [9.17, 15) is 4.57 Å². The minimum Gasteiger partial charge on any atom is -0.289 e. The lowest BCUT2D eigenvalue weighted by molar-refractivity contribution is 0.573. The first kappa shape index (κ1) is 11.8. The van der Waals surface area contributed by atoms with Gasteiger partial charge >= 0.3 is 0 Å². The molecule has 1 atom stereocenters. The number of alkyl halides is 1. The van der Waals surface area contributed by atoms with Crippen molar-refractivity contribution in [2.75, 3.05) is 18.6 Å². The van der Waals surface area contributed by atoms with Gasteiger partial charge in [-0.05, 0) is 17.7 Å². The number of halogens is 2. The molecular weight excluding hydrogens is 204 g/mol. The molecule has 0 aliphatic carbocycles. The Morgan fingerprint density at radius 1 is 1.55 bits per heavy atom. The third-order valence-electron chi connectivity index (χ3n) is 1.25. The first-order valence-corrected chi connectivity index (χ1v) is 7.05. The predicted octanol–water partition coefficient (Wildman–Crippen LogP) is 3.05. The van der Waals surface area contributed by atoms with E-state index < -0.39 is 6.65 Å². The highest BCUT2D eigenvalue weighted by atomic mass is 35.7. The molecule has 0 aliphatic heterocycles. The molecule has 0 rings (SSSR count). The maximum Gasteiger partial charge on any atom is 0.233 e. The maximum absolute atomic E-state index is 11.3. The summed E-state index contributed by atoms with van der Waals surface area (Å²) in [5.74, 6) is 0.347. The summed E-state index contributed by atoms with van der Waals surface area (Å²) in [7, 11) is 0. The minimum atomic E-state index is -2.63. The Morgan fingerprint density at radius 2 is 2.18 bits per heavy atom. The zero-order chi connectivity index (χ0) is 8.74. The number of hydrogen-bond acceptors (Lipinski definition) is 1. The Balaban J connectivity index is 3.47. The smallest absolute Gasteiger partial charge is 0.233 e. The molecule has 0 saturated carbocycles. The molecule has 0 bridgehead atoms. The van der Waals surface area contributed by atoms with Gasteiger partial charge in [0.2, 0.25) is 6.65 Å². The van der Waals surface area contributed by atoms with Crippen LogP contribution < -0.4 is 5.09 Å². The third-order valence-corrected chi connectivity index (χ3v) is 4.06. The van der Waals surface area contributed by atoms with Crippen molar-refractivity contribution in [3.63, 3.8) is 0 Å². The molecule has 1 N–H and O–H groups in total. The van der Waals surface area contributed by atoms with Crippen LogP contribution in [0.4, 0.5) is 0 Å².